The summed E-state index contributed by atoms with van der Waals surface area (Å²) in [6.45, 7) is 3.90. The molecule has 16 heavy (non-hydrogen) atoms. The summed E-state index contributed by atoms with van der Waals surface area (Å²) in [5.74, 6) is 0.323. The Morgan fingerprint density at radius 3 is 2.69 bits per heavy atom. The monoisotopic (exact) mass is 242 g/mol. The largest absolute Gasteiger partial charge is 0.491 e. The second-order valence-corrected chi connectivity index (χ2v) is 3.97. The highest BCUT2D eigenvalue weighted by molar-refractivity contribution is 6.32. The van der Waals surface area contributed by atoms with Crippen LogP contribution in [0.4, 0.5) is 0 Å². The van der Waals surface area contributed by atoms with Gasteiger partial charge < -0.3 is 9.47 Å². The van der Waals surface area contributed by atoms with Crippen LogP contribution in [0.3, 0.4) is 0 Å². The molecule has 0 radical (unpaired) electrons. The molecule has 0 aromatic heterocycles. The normalized spacial score (nSPS) is 10.2. The lowest BCUT2D eigenvalue weighted by Crippen LogP contribution is -2.14. The van der Waals surface area contributed by atoms with Crippen LogP contribution in [0.15, 0.2) is 24.3 Å². The molecule has 0 bridgehead atoms. The van der Waals surface area contributed by atoms with Crippen molar-refractivity contribution in [3.8, 4) is 5.75 Å². The molecule has 0 unspecified atom stereocenters. The van der Waals surface area contributed by atoms with Gasteiger partial charge in [0.2, 0.25) is 0 Å². The summed E-state index contributed by atoms with van der Waals surface area (Å²) >= 11 is 5.88. The highest BCUT2D eigenvalue weighted by atomic mass is 35.5. The van der Waals surface area contributed by atoms with E-state index in [4.69, 9.17) is 21.1 Å². The van der Waals surface area contributed by atoms with Crippen molar-refractivity contribution in [3.05, 3.63) is 29.3 Å². The quantitative estimate of drug-likeness (QED) is 0.745. The molecule has 0 aliphatic rings. The maximum Gasteiger partial charge on any atom is 0.309 e. The summed E-state index contributed by atoms with van der Waals surface area (Å²) in [7, 11) is 0. The molecule has 4 heteroatoms. The number of hydrogen-bond acceptors (Lipinski definition) is 3. The third-order valence-electron chi connectivity index (χ3n) is 1.77. The molecule has 0 heterocycles. The maximum atomic E-state index is 11.2. The minimum atomic E-state index is -0.262. The van der Waals surface area contributed by atoms with E-state index in [1.807, 2.05) is 26.0 Å². The van der Waals surface area contributed by atoms with E-state index in [1.165, 1.54) is 0 Å². The third-order valence-corrected chi connectivity index (χ3v) is 2.08. The van der Waals surface area contributed by atoms with Gasteiger partial charge in [0, 0.05) is 0 Å². The van der Waals surface area contributed by atoms with Crippen molar-refractivity contribution in [1.82, 2.24) is 0 Å². The highest BCUT2D eigenvalue weighted by Gasteiger charge is 2.06. The van der Waals surface area contributed by atoms with Crippen molar-refractivity contribution in [2.75, 3.05) is 6.61 Å². The number of benzene rings is 1. The van der Waals surface area contributed by atoms with E-state index in [-0.39, 0.29) is 25.1 Å². The van der Waals surface area contributed by atoms with Gasteiger partial charge in [-0.15, -0.1) is 0 Å². The predicted octanol–water partition coefficient (Wildman–Crippen LogP) is 3.06. The van der Waals surface area contributed by atoms with Crippen molar-refractivity contribution < 1.29 is 14.3 Å². The molecule has 1 aromatic rings. The van der Waals surface area contributed by atoms with Gasteiger partial charge in [0.05, 0.1) is 24.2 Å². The smallest absolute Gasteiger partial charge is 0.309 e. The van der Waals surface area contributed by atoms with Crippen LogP contribution in [0.1, 0.15) is 20.3 Å². The van der Waals surface area contributed by atoms with E-state index in [9.17, 15) is 4.79 Å². The molecule has 0 saturated heterocycles. The van der Waals surface area contributed by atoms with Crippen LogP contribution in [0.5, 0.6) is 5.75 Å². The Morgan fingerprint density at radius 1 is 1.38 bits per heavy atom. The van der Waals surface area contributed by atoms with Gasteiger partial charge in [0.25, 0.3) is 0 Å². The number of esters is 1. The topological polar surface area (TPSA) is 35.5 Å². The van der Waals surface area contributed by atoms with Gasteiger partial charge in [-0.1, -0.05) is 23.7 Å². The Bertz CT molecular complexity index is 350. The molecule has 0 fully saturated rings. The fraction of sp³-hybridized carbons (Fsp3) is 0.417. The number of carbonyl (C=O) groups is 1. The Hall–Kier alpha value is -1.22. The number of halogens is 1. The summed E-state index contributed by atoms with van der Waals surface area (Å²) in [4.78, 5) is 11.2. The fourth-order valence-corrected chi connectivity index (χ4v) is 1.32. The van der Waals surface area contributed by atoms with E-state index in [0.717, 1.165) is 0 Å². The van der Waals surface area contributed by atoms with E-state index in [2.05, 4.69) is 0 Å². The molecule has 0 aliphatic carbocycles. The zero-order valence-electron chi connectivity index (χ0n) is 9.40. The first kappa shape index (κ1) is 12.8. The van der Waals surface area contributed by atoms with E-state index < -0.39 is 0 Å². The highest BCUT2D eigenvalue weighted by Crippen LogP contribution is 2.23. The first-order chi connectivity index (χ1) is 7.59. The minimum absolute atomic E-state index is 0.0900. The maximum absolute atomic E-state index is 11.2. The summed E-state index contributed by atoms with van der Waals surface area (Å²) in [6.07, 6.45) is 0.136. The number of carbonyl (C=O) groups excluding carboxylic acids is 1. The van der Waals surface area contributed by atoms with Gasteiger partial charge in [-0.05, 0) is 26.0 Å². The zero-order valence-corrected chi connectivity index (χ0v) is 10.2. The number of hydrogen-bond donors (Lipinski definition) is 0. The van der Waals surface area contributed by atoms with Crippen LogP contribution >= 0.6 is 11.6 Å². The molecule has 0 aliphatic heterocycles. The van der Waals surface area contributed by atoms with Crippen molar-refractivity contribution in [2.24, 2.45) is 0 Å². The van der Waals surface area contributed by atoms with E-state index >= 15 is 0 Å². The zero-order chi connectivity index (χ0) is 12.0. The average Bonchev–Trinajstić information content (AvgIpc) is 2.19. The third kappa shape index (κ3) is 4.53. The summed E-state index contributed by atoms with van der Waals surface area (Å²) in [5.41, 5.74) is 0. The fourth-order valence-electron chi connectivity index (χ4n) is 1.13. The van der Waals surface area contributed by atoms with Gasteiger partial charge in [-0.3, -0.25) is 4.79 Å². The van der Waals surface area contributed by atoms with Gasteiger partial charge in [-0.2, -0.15) is 0 Å². The minimum Gasteiger partial charge on any atom is -0.491 e. The number of ether oxygens (including phenoxy) is 2. The lowest BCUT2D eigenvalue weighted by atomic mass is 10.3. The first-order valence-electron chi connectivity index (χ1n) is 5.16. The molecule has 0 saturated carbocycles. The Labute approximate surface area is 100 Å². The van der Waals surface area contributed by atoms with Crippen LogP contribution in [0.25, 0.3) is 0 Å². The van der Waals surface area contributed by atoms with Crippen molar-refractivity contribution in [3.63, 3.8) is 0 Å². The second kappa shape index (κ2) is 6.38. The standard InChI is InChI=1S/C12H15ClO3/c1-9(2)16-12(14)7-8-15-11-6-4-3-5-10(11)13/h3-6,9H,7-8H2,1-2H3. The molecule has 0 N–H and O–H groups in total. The SMILES string of the molecule is CC(C)OC(=O)CCOc1ccccc1Cl. The Kier molecular flexibility index (Phi) is 5.12. The predicted molar refractivity (Wildman–Crippen MR) is 62.8 cm³/mol. The molecular formula is C12H15ClO3. The molecule has 3 nitrogen and oxygen atoms in total. The molecule has 88 valence electrons. The molecule has 0 atom stereocenters. The van der Waals surface area contributed by atoms with Gasteiger partial charge in [0.15, 0.2) is 0 Å². The van der Waals surface area contributed by atoms with Crippen LogP contribution in [0.2, 0.25) is 5.02 Å². The van der Waals surface area contributed by atoms with Crippen molar-refractivity contribution >= 4 is 17.6 Å². The molecule has 1 aromatic carbocycles. The van der Waals surface area contributed by atoms with Crippen molar-refractivity contribution in [2.45, 2.75) is 26.4 Å². The summed E-state index contributed by atoms with van der Waals surface area (Å²) in [5, 5.41) is 0.541. The van der Waals surface area contributed by atoms with Crippen LogP contribution in [0, 0.1) is 0 Å². The lowest BCUT2D eigenvalue weighted by molar-refractivity contribution is -0.147. The summed E-state index contributed by atoms with van der Waals surface area (Å²) < 4.78 is 10.3. The van der Waals surface area contributed by atoms with Crippen molar-refractivity contribution in [1.29, 1.82) is 0 Å². The van der Waals surface area contributed by atoms with Gasteiger partial charge in [0.1, 0.15) is 5.75 Å². The molecule has 1 rings (SSSR count). The first-order valence-corrected chi connectivity index (χ1v) is 5.54. The number of para-hydroxylation sites is 1. The van der Waals surface area contributed by atoms with Crippen LogP contribution in [-0.2, 0) is 9.53 Å². The molecular weight excluding hydrogens is 228 g/mol. The molecule has 0 amide bonds. The Balaban J connectivity index is 2.31. The van der Waals surface area contributed by atoms with Gasteiger partial charge >= 0.3 is 5.97 Å². The van der Waals surface area contributed by atoms with Crippen LogP contribution in [-0.4, -0.2) is 18.7 Å². The second-order valence-electron chi connectivity index (χ2n) is 3.57. The van der Waals surface area contributed by atoms with E-state index in [0.29, 0.717) is 10.8 Å². The average molecular weight is 243 g/mol. The van der Waals surface area contributed by atoms with Crippen LogP contribution < -0.4 is 4.74 Å². The van der Waals surface area contributed by atoms with E-state index in [1.54, 1.807) is 12.1 Å². The summed E-state index contributed by atoms with van der Waals surface area (Å²) in [6, 6.07) is 7.15. The number of rotatable bonds is 5. The molecule has 0 spiro atoms. The lowest BCUT2D eigenvalue weighted by Gasteiger charge is -2.09. The van der Waals surface area contributed by atoms with Gasteiger partial charge in [-0.25, -0.2) is 0 Å². The Morgan fingerprint density at radius 2 is 2.06 bits per heavy atom.